The normalized spacial score (nSPS) is 10.7. The van der Waals surface area contributed by atoms with Crippen LogP contribution in [0.25, 0.3) is 11.1 Å². The third-order valence-corrected chi connectivity index (χ3v) is 3.44. The van der Waals surface area contributed by atoms with E-state index in [1.165, 1.54) is 4.57 Å². The molecule has 0 saturated heterocycles. The third kappa shape index (κ3) is 3.26. The molecule has 0 unspecified atom stereocenters. The summed E-state index contributed by atoms with van der Waals surface area (Å²) in [6.45, 7) is 2.58. The Hall–Kier alpha value is -3.02. The zero-order valence-corrected chi connectivity index (χ0v) is 12.6. The number of anilines is 1. The fraction of sp³-hybridized carbons (Fsp3) is 0.176. The Kier molecular flexibility index (Phi) is 4.14. The number of rotatable bonds is 4. The molecule has 6 heteroatoms. The zero-order chi connectivity index (χ0) is 16.2. The maximum Gasteiger partial charge on any atom is 0.419 e. The number of ether oxygens (including phenoxy) is 1. The van der Waals surface area contributed by atoms with Crippen LogP contribution < -0.4 is 11.1 Å². The molecule has 1 N–H and O–H groups in total. The predicted octanol–water partition coefficient (Wildman–Crippen LogP) is 3.36. The molecular formula is C17H16N2O4. The van der Waals surface area contributed by atoms with Crippen LogP contribution in [0.15, 0.2) is 57.7 Å². The summed E-state index contributed by atoms with van der Waals surface area (Å²) in [5.74, 6) is -0.411. The molecule has 0 bridgehead atoms. The van der Waals surface area contributed by atoms with Crippen molar-refractivity contribution < 1.29 is 13.9 Å². The van der Waals surface area contributed by atoms with Crippen LogP contribution in [-0.2, 0) is 17.9 Å². The number of aromatic nitrogens is 1. The van der Waals surface area contributed by atoms with Crippen molar-refractivity contribution in [2.45, 2.75) is 20.1 Å². The molecular weight excluding hydrogens is 296 g/mol. The molecule has 0 fully saturated rings. The molecule has 0 aliphatic heterocycles. The van der Waals surface area contributed by atoms with E-state index in [1.807, 2.05) is 37.3 Å². The van der Waals surface area contributed by atoms with Gasteiger partial charge in [-0.15, -0.1) is 0 Å². The first-order chi connectivity index (χ1) is 11.2. The van der Waals surface area contributed by atoms with E-state index in [9.17, 15) is 9.59 Å². The summed E-state index contributed by atoms with van der Waals surface area (Å²) in [4.78, 5) is 23.5. The van der Waals surface area contributed by atoms with Gasteiger partial charge in [-0.3, -0.25) is 9.88 Å². The van der Waals surface area contributed by atoms with Gasteiger partial charge < -0.3 is 9.15 Å². The fourth-order valence-electron chi connectivity index (χ4n) is 2.32. The number of hydrogen-bond donors (Lipinski definition) is 1. The van der Waals surface area contributed by atoms with Crippen molar-refractivity contribution in [1.82, 2.24) is 4.57 Å². The average Bonchev–Trinajstić information content (AvgIpc) is 2.88. The summed E-state index contributed by atoms with van der Waals surface area (Å²) >= 11 is 0. The molecule has 0 spiro atoms. The highest BCUT2D eigenvalue weighted by atomic mass is 16.5. The average molecular weight is 312 g/mol. The first-order valence-electron chi connectivity index (χ1n) is 7.28. The van der Waals surface area contributed by atoms with Gasteiger partial charge in [0.05, 0.1) is 5.52 Å². The summed E-state index contributed by atoms with van der Waals surface area (Å²) in [7, 11) is 0. The summed E-state index contributed by atoms with van der Waals surface area (Å²) in [6, 6.07) is 14.4. The van der Waals surface area contributed by atoms with E-state index in [0.717, 1.165) is 5.56 Å². The van der Waals surface area contributed by atoms with Crippen molar-refractivity contribution in [3.8, 4) is 0 Å². The lowest BCUT2D eigenvalue weighted by molar-refractivity contribution is 0.155. The minimum Gasteiger partial charge on any atom is -0.444 e. The molecule has 3 rings (SSSR count). The minimum absolute atomic E-state index is 0.191. The van der Waals surface area contributed by atoms with Crippen molar-refractivity contribution in [3.05, 3.63) is 64.6 Å². The van der Waals surface area contributed by atoms with Gasteiger partial charge in [0.2, 0.25) is 0 Å². The van der Waals surface area contributed by atoms with Crippen LogP contribution in [-0.4, -0.2) is 10.7 Å². The van der Waals surface area contributed by atoms with Crippen molar-refractivity contribution in [3.63, 3.8) is 0 Å². The number of nitrogens with zero attached hydrogens (tertiary/aromatic N) is 1. The molecule has 1 heterocycles. The minimum atomic E-state index is -0.564. The Balaban J connectivity index is 1.69. The van der Waals surface area contributed by atoms with Crippen LogP contribution in [0.5, 0.6) is 0 Å². The lowest BCUT2D eigenvalue weighted by Gasteiger charge is -2.07. The van der Waals surface area contributed by atoms with E-state index in [1.54, 1.807) is 18.2 Å². The molecule has 118 valence electrons. The smallest absolute Gasteiger partial charge is 0.419 e. The van der Waals surface area contributed by atoms with Crippen molar-refractivity contribution in [2.75, 3.05) is 5.32 Å². The van der Waals surface area contributed by atoms with Crippen LogP contribution in [0.3, 0.4) is 0 Å². The highest BCUT2D eigenvalue weighted by molar-refractivity contribution is 5.88. The topological polar surface area (TPSA) is 73.5 Å². The molecule has 2 aromatic carbocycles. The molecule has 1 amide bonds. The molecule has 0 aliphatic rings. The second-order valence-electron chi connectivity index (χ2n) is 4.98. The molecule has 1 aromatic heterocycles. The Morgan fingerprint density at radius 2 is 2.00 bits per heavy atom. The van der Waals surface area contributed by atoms with E-state index in [4.69, 9.17) is 9.15 Å². The van der Waals surface area contributed by atoms with E-state index < -0.39 is 11.8 Å². The molecule has 0 aliphatic carbocycles. The third-order valence-electron chi connectivity index (χ3n) is 3.44. The second kappa shape index (κ2) is 6.39. The SMILES string of the molecule is CCn1c(=O)oc2cc(NC(=O)OCc3ccccc3)ccc21. The van der Waals surface area contributed by atoms with Crippen LogP contribution in [0, 0.1) is 0 Å². The largest absolute Gasteiger partial charge is 0.444 e. The number of carbonyl (C=O) groups excluding carboxylic acids is 1. The van der Waals surface area contributed by atoms with Gasteiger partial charge in [-0.25, -0.2) is 9.59 Å². The van der Waals surface area contributed by atoms with Crippen molar-refractivity contribution >= 4 is 22.9 Å². The zero-order valence-electron chi connectivity index (χ0n) is 12.6. The van der Waals surface area contributed by atoms with Crippen LogP contribution in [0.2, 0.25) is 0 Å². The van der Waals surface area contributed by atoms with Gasteiger partial charge in [-0.1, -0.05) is 30.3 Å². The quantitative estimate of drug-likeness (QED) is 0.801. The summed E-state index contributed by atoms with van der Waals surface area (Å²) in [6.07, 6.45) is -0.564. The van der Waals surface area contributed by atoms with E-state index in [0.29, 0.717) is 23.3 Å². The maximum atomic E-state index is 11.8. The second-order valence-corrected chi connectivity index (χ2v) is 4.98. The molecule has 3 aromatic rings. The van der Waals surface area contributed by atoms with Gasteiger partial charge >= 0.3 is 11.8 Å². The number of amides is 1. The van der Waals surface area contributed by atoms with E-state index >= 15 is 0 Å². The van der Waals surface area contributed by atoms with Crippen molar-refractivity contribution in [2.24, 2.45) is 0 Å². The highest BCUT2D eigenvalue weighted by Crippen LogP contribution is 2.18. The lowest BCUT2D eigenvalue weighted by atomic mass is 10.2. The van der Waals surface area contributed by atoms with Gasteiger partial charge in [-0.05, 0) is 24.6 Å². The number of nitrogens with one attached hydrogen (secondary N) is 1. The van der Waals surface area contributed by atoms with Crippen LogP contribution in [0.4, 0.5) is 10.5 Å². The molecule has 0 saturated carbocycles. The Labute approximate surface area is 132 Å². The Morgan fingerprint density at radius 1 is 1.22 bits per heavy atom. The number of benzene rings is 2. The standard InChI is InChI=1S/C17H16N2O4/c1-2-19-14-9-8-13(10-15(14)23-17(19)21)18-16(20)22-11-12-6-4-3-5-7-12/h3-10H,2,11H2,1H3,(H,18,20). The molecule has 0 atom stereocenters. The van der Waals surface area contributed by atoms with Gasteiger partial charge in [0.1, 0.15) is 6.61 Å². The van der Waals surface area contributed by atoms with Gasteiger partial charge in [-0.2, -0.15) is 0 Å². The first-order valence-corrected chi connectivity index (χ1v) is 7.28. The molecule has 6 nitrogen and oxygen atoms in total. The van der Waals surface area contributed by atoms with Gasteiger partial charge in [0, 0.05) is 18.3 Å². The summed E-state index contributed by atoms with van der Waals surface area (Å²) in [5, 5.41) is 2.62. The maximum absolute atomic E-state index is 11.8. The number of aryl methyl sites for hydroxylation is 1. The van der Waals surface area contributed by atoms with E-state index in [2.05, 4.69) is 5.32 Å². The van der Waals surface area contributed by atoms with Crippen LogP contribution >= 0.6 is 0 Å². The van der Waals surface area contributed by atoms with Crippen molar-refractivity contribution in [1.29, 1.82) is 0 Å². The monoisotopic (exact) mass is 312 g/mol. The summed E-state index contributed by atoms with van der Waals surface area (Å²) in [5.41, 5.74) is 2.54. The summed E-state index contributed by atoms with van der Waals surface area (Å²) < 4.78 is 11.8. The predicted molar refractivity (Wildman–Crippen MR) is 86.4 cm³/mol. The van der Waals surface area contributed by atoms with Gasteiger partial charge in [0.25, 0.3) is 0 Å². The van der Waals surface area contributed by atoms with Gasteiger partial charge in [0.15, 0.2) is 5.58 Å². The first kappa shape index (κ1) is 14.9. The number of fused-ring (bicyclic) bond motifs is 1. The Bertz CT molecular complexity index is 880. The number of carbonyl (C=O) groups is 1. The Morgan fingerprint density at radius 3 is 2.74 bits per heavy atom. The molecule has 0 radical (unpaired) electrons. The number of oxazole rings is 1. The number of hydrogen-bond acceptors (Lipinski definition) is 4. The molecule has 23 heavy (non-hydrogen) atoms. The van der Waals surface area contributed by atoms with E-state index in [-0.39, 0.29) is 6.61 Å². The highest BCUT2D eigenvalue weighted by Gasteiger charge is 2.10. The van der Waals surface area contributed by atoms with Crippen LogP contribution in [0.1, 0.15) is 12.5 Å². The fourth-order valence-corrected chi connectivity index (χ4v) is 2.32. The lowest BCUT2D eigenvalue weighted by Crippen LogP contribution is -2.13.